The highest BCUT2D eigenvalue weighted by molar-refractivity contribution is 6.13. The van der Waals surface area contributed by atoms with E-state index in [0.717, 1.165) is 17.1 Å². The number of amides is 3. The first-order valence-corrected chi connectivity index (χ1v) is 32.0. The van der Waals surface area contributed by atoms with Gasteiger partial charge in [-0.25, -0.2) is 9.48 Å². The monoisotopic (exact) mass is 1340 g/mol. The van der Waals surface area contributed by atoms with Crippen LogP contribution in [0.15, 0.2) is 36.5 Å². The number of carbonyl (C=O) groups is 7. The highest BCUT2D eigenvalue weighted by atomic mass is 16.6. The van der Waals surface area contributed by atoms with Crippen molar-refractivity contribution in [2.45, 2.75) is 129 Å². The smallest absolute Gasteiger partial charge is 0.335 e. The van der Waals surface area contributed by atoms with Gasteiger partial charge in [-0.2, -0.15) is 0 Å². The van der Waals surface area contributed by atoms with Crippen LogP contribution < -0.4 is 5.32 Å². The predicted molar refractivity (Wildman–Crippen MR) is 332 cm³/mol. The second-order valence-electron chi connectivity index (χ2n) is 23.6. The Morgan fingerprint density at radius 3 is 1.54 bits per heavy atom. The second kappa shape index (κ2) is 45.7. The van der Waals surface area contributed by atoms with Crippen molar-refractivity contribution in [3.8, 4) is 0 Å². The maximum Gasteiger partial charge on any atom is 0.335 e. The maximum atomic E-state index is 13.9. The minimum absolute atomic E-state index is 0.0257. The van der Waals surface area contributed by atoms with Gasteiger partial charge in [0.1, 0.15) is 36.4 Å². The number of esters is 1. The van der Waals surface area contributed by atoms with E-state index < -0.39 is 95.2 Å². The zero-order chi connectivity index (χ0) is 68.7. The van der Waals surface area contributed by atoms with Crippen molar-refractivity contribution >= 4 is 41.2 Å². The zero-order valence-corrected chi connectivity index (χ0v) is 55.5. The molecule has 0 bridgehead atoms. The molecule has 0 radical (unpaired) electrons. The van der Waals surface area contributed by atoms with Crippen LogP contribution in [-0.2, 0) is 126 Å². The first-order valence-electron chi connectivity index (χ1n) is 32.0. The third-order valence-electron chi connectivity index (χ3n) is 14.8. The summed E-state index contributed by atoms with van der Waals surface area (Å²) in [5.74, 6) is -6.01. The number of aliphatic hydroxyl groups excluding tert-OH is 3. The summed E-state index contributed by atoms with van der Waals surface area (Å²) in [6.45, 7) is 20.1. The molecule has 4 rings (SSSR count). The number of ketones is 2. The summed E-state index contributed by atoms with van der Waals surface area (Å²) < 4.78 is 78.0. The highest BCUT2D eigenvalue weighted by Crippen LogP contribution is 2.30. The SMILES string of the molecule is COCCOCCOCCOCCOCCOCCOCCOCCOCCOCCOCCOCCn1cc([C@@H](CC(=O)C[C@H](C(=O)N[C@@H](C)C(=O)Cc2ccc(COC(=O)C(C)(C)C)c(CC[C@@H]3O[C@H](C(=O)O)[C@@H](O)[C@H](O)[C@H]3O)c2)C(C)C)N2C(=O)C=CC2=O)nn1. The Labute approximate surface area is 549 Å². The molecular weight excluding hydrogens is 1240 g/mol. The highest BCUT2D eigenvalue weighted by Gasteiger charge is 2.46. The number of hydrogen-bond acceptors (Lipinski definition) is 26. The molecule has 0 unspecified atom stereocenters. The summed E-state index contributed by atoms with van der Waals surface area (Å²) in [5.41, 5.74) is 0.983. The average Bonchev–Trinajstić information content (AvgIpc) is 1.43. The number of carboxylic acids is 1. The van der Waals surface area contributed by atoms with Gasteiger partial charge in [-0.15, -0.1) is 5.10 Å². The zero-order valence-electron chi connectivity index (χ0n) is 55.5. The molecule has 30 heteroatoms. The maximum absolute atomic E-state index is 13.9. The van der Waals surface area contributed by atoms with Crippen LogP contribution in [0.4, 0.5) is 0 Å². The second-order valence-corrected chi connectivity index (χ2v) is 23.6. The Hall–Kier alpha value is -5.65. The Morgan fingerprint density at radius 1 is 0.628 bits per heavy atom. The number of imide groups is 1. The van der Waals surface area contributed by atoms with Crippen molar-refractivity contribution in [1.29, 1.82) is 0 Å². The molecule has 0 saturated carbocycles. The standard InChI is InChI=1S/C64H101N5O25/c1-44(2)50(61(77)65-45(3)53(71)39-46-8-9-48(43-93-63(80)64(4,5)6)47(38-46)10-11-54-57(74)58(75)59(76)60(94-54)62(78)79)40-49(70)41-52(69-55(72)12-13-56(69)73)51-42-68(67-66-51)14-15-82-18-19-84-22-23-86-26-27-88-30-31-90-34-35-92-37-36-91-33-32-89-29-28-87-25-24-85-21-20-83-17-16-81-7/h8-9,12-13,38,42,44-45,50,52,54,57-60,74-76H,10-11,14-37,39-41,43H2,1-7H3,(H,65,77)(H,78,79)/t45-,50-,52+,54-,57-,58+,59-,60-/m0/s1. The number of ether oxygens (including phenoxy) is 14. The van der Waals surface area contributed by atoms with Crippen LogP contribution in [0.3, 0.4) is 0 Å². The number of rotatable bonds is 54. The summed E-state index contributed by atoms with van der Waals surface area (Å²) in [6, 6.07) is 2.84. The molecule has 532 valence electrons. The largest absolute Gasteiger partial charge is 0.479 e. The predicted octanol–water partition coefficient (Wildman–Crippen LogP) is 0.968. The molecule has 8 atom stereocenters. The quantitative estimate of drug-likeness (QED) is 0.0350. The van der Waals surface area contributed by atoms with E-state index in [1.807, 2.05) is 0 Å². The van der Waals surface area contributed by atoms with Gasteiger partial charge >= 0.3 is 11.9 Å². The molecule has 1 saturated heterocycles. The lowest BCUT2D eigenvalue weighted by molar-refractivity contribution is -0.228. The average molecular weight is 1340 g/mol. The van der Waals surface area contributed by atoms with Crippen LogP contribution in [0.5, 0.6) is 0 Å². The molecule has 1 aromatic carbocycles. The fourth-order valence-electron chi connectivity index (χ4n) is 9.37. The molecule has 5 N–H and O–H groups in total. The van der Waals surface area contributed by atoms with Crippen LogP contribution >= 0.6 is 0 Å². The molecule has 94 heavy (non-hydrogen) atoms. The molecule has 0 spiro atoms. The molecule has 30 nitrogen and oxygen atoms in total. The Kier molecular flexibility index (Phi) is 39.3. The molecule has 3 amide bonds. The first kappa shape index (κ1) is 80.8. The van der Waals surface area contributed by atoms with E-state index in [9.17, 15) is 54.0 Å². The van der Waals surface area contributed by atoms with Gasteiger partial charge in [0.05, 0.1) is 188 Å². The first-order chi connectivity index (χ1) is 45.1. The topological polar surface area (TPSA) is 376 Å². The number of nitrogens with one attached hydrogen (secondary N) is 1. The van der Waals surface area contributed by atoms with E-state index in [-0.39, 0.29) is 70.1 Å². The number of carbonyl (C=O) groups excluding carboxylic acids is 6. The number of aliphatic carboxylic acids is 1. The molecule has 1 aromatic heterocycles. The molecular formula is C64H101N5O25. The molecule has 1 fully saturated rings. The van der Waals surface area contributed by atoms with E-state index in [4.69, 9.17) is 66.3 Å². The molecule has 2 aliphatic rings. The van der Waals surface area contributed by atoms with Crippen molar-refractivity contribution in [3.63, 3.8) is 0 Å². The third-order valence-corrected chi connectivity index (χ3v) is 14.8. The van der Waals surface area contributed by atoms with E-state index in [0.29, 0.717) is 155 Å². The third kappa shape index (κ3) is 31.0. The summed E-state index contributed by atoms with van der Waals surface area (Å²) in [6.07, 6.45) is -5.30. The van der Waals surface area contributed by atoms with Crippen molar-refractivity contribution < 1.29 is 120 Å². The number of aromatic nitrogens is 3. The van der Waals surface area contributed by atoms with Gasteiger partial charge in [0.25, 0.3) is 11.8 Å². The Bertz CT molecular complexity index is 2560. The van der Waals surface area contributed by atoms with Crippen molar-refractivity contribution in [1.82, 2.24) is 25.2 Å². The fourth-order valence-corrected chi connectivity index (χ4v) is 9.37. The number of methoxy groups -OCH3 is 1. The van der Waals surface area contributed by atoms with Crippen molar-refractivity contribution in [3.05, 3.63) is 58.9 Å². The number of Topliss-reactive ketones (excluding diaryl/α,β-unsaturated/α-hetero) is 2. The van der Waals surface area contributed by atoms with Gasteiger partial charge in [-0.05, 0) is 63.1 Å². The number of aryl methyl sites for hydroxylation is 1. The lowest BCUT2D eigenvalue weighted by Gasteiger charge is -2.39. The van der Waals surface area contributed by atoms with E-state index in [2.05, 4.69) is 15.6 Å². The number of benzene rings is 1. The van der Waals surface area contributed by atoms with Gasteiger partial charge in [0, 0.05) is 44.4 Å². The summed E-state index contributed by atoms with van der Waals surface area (Å²) in [4.78, 5) is 92.9. The van der Waals surface area contributed by atoms with Crippen LogP contribution in [0, 0.1) is 17.3 Å². The van der Waals surface area contributed by atoms with Gasteiger partial charge in [0.15, 0.2) is 11.9 Å². The molecule has 2 aromatic rings. The summed E-state index contributed by atoms with van der Waals surface area (Å²) >= 11 is 0. The number of aliphatic hydroxyl groups is 3. The van der Waals surface area contributed by atoms with Crippen LogP contribution in [0.1, 0.15) is 89.2 Å². The van der Waals surface area contributed by atoms with E-state index >= 15 is 0 Å². The number of nitrogens with zero attached hydrogens (tertiary/aromatic N) is 4. The van der Waals surface area contributed by atoms with Crippen molar-refractivity contribution in [2.75, 3.05) is 159 Å². The number of hydrogen-bond donors (Lipinski definition) is 5. The van der Waals surface area contributed by atoms with Crippen LogP contribution in [0.2, 0.25) is 0 Å². The minimum Gasteiger partial charge on any atom is -0.479 e. The van der Waals surface area contributed by atoms with E-state index in [1.165, 1.54) is 17.8 Å². The fraction of sp³-hybridized carbons (Fsp3) is 0.734. The molecule has 3 heterocycles. The number of carboxylic acid groups (broad SMARTS) is 1. The Balaban J connectivity index is 1.09. The Morgan fingerprint density at radius 2 is 1.10 bits per heavy atom. The van der Waals surface area contributed by atoms with Gasteiger partial charge < -0.3 is 92.1 Å². The van der Waals surface area contributed by atoms with Crippen molar-refractivity contribution in [2.24, 2.45) is 17.3 Å². The van der Waals surface area contributed by atoms with E-state index in [1.54, 1.807) is 59.9 Å². The summed E-state index contributed by atoms with van der Waals surface area (Å²) in [7, 11) is 1.63. The normalized spacial score (nSPS) is 18.5. The van der Waals surface area contributed by atoms with Gasteiger partial charge in [0.2, 0.25) is 5.91 Å². The molecule has 0 aliphatic carbocycles. The van der Waals surface area contributed by atoms with Gasteiger partial charge in [-0.3, -0.25) is 33.7 Å². The van der Waals surface area contributed by atoms with Crippen LogP contribution in [-0.4, -0.2) is 277 Å². The van der Waals surface area contributed by atoms with Gasteiger partial charge in [-0.1, -0.05) is 37.3 Å². The lowest BCUT2D eigenvalue weighted by Crippen LogP contribution is -2.59. The lowest BCUT2D eigenvalue weighted by atomic mass is 9.87. The minimum atomic E-state index is -1.87. The van der Waals surface area contributed by atoms with Crippen LogP contribution in [0.25, 0.3) is 0 Å². The molecule has 2 aliphatic heterocycles. The summed E-state index contributed by atoms with van der Waals surface area (Å²) in [5, 5.41) is 51.9.